The van der Waals surface area contributed by atoms with E-state index in [1.165, 1.54) is 6.20 Å². The first kappa shape index (κ1) is 15.4. The average Bonchev–Trinajstić information content (AvgIpc) is 2.48. The zero-order chi connectivity index (χ0) is 15.2. The fourth-order valence-electron chi connectivity index (χ4n) is 2.14. The highest BCUT2D eigenvalue weighted by Crippen LogP contribution is 2.27. The summed E-state index contributed by atoms with van der Waals surface area (Å²) >= 11 is 0. The Bertz CT molecular complexity index is 613. The van der Waals surface area contributed by atoms with Gasteiger partial charge in [-0.25, -0.2) is 14.4 Å². The van der Waals surface area contributed by atoms with Crippen molar-refractivity contribution in [3.8, 4) is 11.3 Å². The van der Waals surface area contributed by atoms with Gasteiger partial charge in [-0.15, -0.1) is 0 Å². The van der Waals surface area contributed by atoms with Crippen LogP contribution in [0, 0.1) is 12.7 Å². The molecular formula is C16H21FN4. The number of nitrogens with zero attached hydrogens (tertiary/aromatic N) is 3. The Morgan fingerprint density at radius 1 is 1.19 bits per heavy atom. The molecule has 0 unspecified atom stereocenters. The van der Waals surface area contributed by atoms with Crippen LogP contribution in [0.25, 0.3) is 11.3 Å². The number of halogens is 1. The third-order valence-electron chi connectivity index (χ3n) is 3.24. The van der Waals surface area contributed by atoms with Crippen LogP contribution in [0.4, 0.5) is 10.2 Å². The van der Waals surface area contributed by atoms with E-state index in [2.05, 4.69) is 34.1 Å². The quantitative estimate of drug-likeness (QED) is 0.879. The van der Waals surface area contributed by atoms with Gasteiger partial charge in [0.2, 0.25) is 0 Å². The molecule has 0 bridgehead atoms. The highest BCUT2D eigenvalue weighted by molar-refractivity contribution is 5.68. The van der Waals surface area contributed by atoms with Crippen LogP contribution in [0.2, 0.25) is 0 Å². The van der Waals surface area contributed by atoms with Crippen LogP contribution in [-0.4, -0.2) is 21.5 Å². The highest BCUT2D eigenvalue weighted by atomic mass is 19.1. The minimum Gasteiger partial charge on any atom is -0.370 e. The van der Waals surface area contributed by atoms with Gasteiger partial charge in [0.1, 0.15) is 11.6 Å². The zero-order valence-electron chi connectivity index (χ0n) is 12.8. The van der Waals surface area contributed by atoms with E-state index in [1.807, 2.05) is 6.92 Å². The Balaban J connectivity index is 2.53. The van der Waals surface area contributed by atoms with E-state index in [-0.39, 0.29) is 5.82 Å². The van der Waals surface area contributed by atoms with Gasteiger partial charge in [-0.1, -0.05) is 13.8 Å². The van der Waals surface area contributed by atoms with Crippen molar-refractivity contribution in [1.29, 1.82) is 0 Å². The van der Waals surface area contributed by atoms with E-state index in [0.29, 0.717) is 11.3 Å². The van der Waals surface area contributed by atoms with Gasteiger partial charge in [0, 0.05) is 30.3 Å². The van der Waals surface area contributed by atoms with E-state index < -0.39 is 0 Å². The highest BCUT2D eigenvalue weighted by Gasteiger charge is 2.15. The molecule has 0 aliphatic heterocycles. The first-order chi connectivity index (χ1) is 10.2. The third-order valence-corrected chi connectivity index (χ3v) is 3.24. The molecule has 112 valence electrons. The summed E-state index contributed by atoms with van der Waals surface area (Å²) in [5.74, 6) is 1.18. The van der Waals surface area contributed by atoms with Crippen molar-refractivity contribution in [3.63, 3.8) is 0 Å². The van der Waals surface area contributed by atoms with Crippen LogP contribution < -0.4 is 5.32 Å². The predicted octanol–water partition coefficient (Wildman–Crippen LogP) is 3.76. The van der Waals surface area contributed by atoms with Crippen molar-refractivity contribution >= 4 is 5.82 Å². The second-order valence-corrected chi connectivity index (χ2v) is 4.99. The molecule has 0 fully saturated rings. The van der Waals surface area contributed by atoms with E-state index in [1.54, 1.807) is 12.3 Å². The molecule has 4 nitrogen and oxygen atoms in total. The lowest BCUT2D eigenvalue weighted by Crippen LogP contribution is -2.09. The van der Waals surface area contributed by atoms with Crippen molar-refractivity contribution < 1.29 is 4.39 Å². The van der Waals surface area contributed by atoms with Gasteiger partial charge in [0.15, 0.2) is 5.82 Å². The van der Waals surface area contributed by atoms with Crippen molar-refractivity contribution in [2.24, 2.45) is 0 Å². The molecule has 0 aliphatic carbocycles. The number of hydrogen-bond acceptors (Lipinski definition) is 4. The summed E-state index contributed by atoms with van der Waals surface area (Å²) < 4.78 is 14.0. The maximum absolute atomic E-state index is 14.0. The van der Waals surface area contributed by atoms with Crippen LogP contribution in [0.5, 0.6) is 0 Å². The third kappa shape index (κ3) is 3.54. The largest absolute Gasteiger partial charge is 0.370 e. The minimum atomic E-state index is -0.358. The summed E-state index contributed by atoms with van der Waals surface area (Å²) in [6, 6.07) is 1.66. The van der Waals surface area contributed by atoms with Crippen LogP contribution in [-0.2, 0) is 6.42 Å². The average molecular weight is 288 g/mol. The van der Waals surface area contributed by atoms with E-state index >= 15 is 0 Å². The predicted molar refractivity (Wildman–Crippen MR) is 82.7 cm³/mol. The van der Waals surface area contributed by atoms with Crippen LogP contribution in [0.3, 0.4) is 0 Å². The van der Waals surface area contributed by atoms with Gasteiger partial charge < -0.3 is 5.32 Å². The molecule has 21 heavy (non-hydrogen) atoms. The van der Waals surface area contributed by atoms with Gasteiger partial charge >= 0.3 is 0 Å². The normalized spacial score (nSPS) is 10.7. The second kappa shape index (κ2) is 7.11. The maximum atomic E-state index is 14.0. The molecule has 2 rings (SSSR count). The monoisotopic (exact) mass is 288 g/mol. The van der Waals surface area contributed by atoms with Crippen LogP contribution in [0.1, 0.15) is 38.1 Å². The molecule has 0 radical (unpaired) electrons. The molecule has 2 aromatic heterocycles. The molecule has 0 spiro atoms. The molecule has 0 aromatic carbocycles. The van der Waals surface area contributed by atoms with Gasteiger partial charge in [-0.3, -0.25) is 4.98 Å². The maximum Gasteiger partial charge on any atom is 0.150 e. The summed E-state index contributed by atoms with van der Waals surface area (Å²) in [7, 11) is 0. The summed E-state index contributed by atoms with van der Waals surface area (Å²) in [6.07, 6.45) is 5.54. The van der Waals surface area contributed by atoms with Crippen molar-refractivity contribution in [2.45, 2.75) is 40.0 Å². The summed E-state index contributed by atoms with van der Waals surface area (Å²) in [4.78, 5) is 12.9. The van der Waals surface area contributed by atoms with Gasteiger partial charge in [-0.2, -0.15) is 0 Å². The Labute approximate surface area is 124 Å². The number of aromatic nitrogens is 3. The Hall–Kier alpha value is -2.04. The van der Waals surface area contributed by atoms with E-state index in [0.717, 1.165) is 43.0 Å². The summed E-state index contributed by atoms with van der Waals surface area (Å²) in [5, 5.41) is 3.30. The molecule has 0 saturated heterocycles. The number of rotatable bonds is 6. The molecule has 0 saturated carbocycles. The number of pyridine rings is 1. The van der Waals surface area contributed by atoms with Crippen molar-refractivity contribution in [3.05, 3.63) is 35.7 Å². The molecule has 5 heteroatoms. The lowest BCUT2D eigenvalue weighted by atomic mass is 10.1. The standard InChI is InChI=1S/C16H21FN4/c1-4-6-14-20-15(12-7-9-18-10-13(12)17)11(3)16(21-14)19-8-5-2/h7,9-10H,4-6,8H2,1-3H3,(H,19,20,21). The second-order valence-electron chi connectivity index (χ2n) is 4.99. The first-order valence-corrected chi connectivity index (χ1v) is 7.38. The Morgan fingerprint density at radius 2 is 2.00 bits per heavy atom. The number of nitrogens with one attached hydrogen (secondary N) is 1. The Morgan fingerprint density at radius 3 is 2.67 bits per heavy atom. The van der Waals surface area contributed by atoms with Crippen molar-refractivity contribution in [2.75, 3.05) is 11.9 Å². The number of hydrogen-bond donors (Lipinski definition) is 1. The molecule has 1 N–H and O–H groups in total. The van der Waals surface area contributed by atoms with E-state index in [4.69, 9.17) is 0 Å². The molecule has 0 aliphatic rings. The molecular weight excluding hydrogens is 267 g/mol. The smallest absolute Gasteiger partial charge is 0.150 e. The fourth-order valence-corrected chi connectivity index (χ4v) is 2.14. The van der Waals surface area contributed by atoms with Crippen LogP contribution >= 0.6 is 0 Å². The lowest BCUT2D eigenvalue weighted by Gasteiger charge is -2.14. The molecule has 2 aromatic rings. The topological polar surface area (TPSA) is 50.7 Å². The zero-order valence-corrected chi connectivity index (χ0v) is 12.8. The summed E-state index contributed by atoms with van der Waals surface area (Å²) in [6.45, 7) is 6.93. The minimum absolute atomic E-state index is 0.358. The van der Waals surface area contributed by atoms with Crippen LogP contribution in [0.15, 0.2) is 18.5 Å². The fraction of sp³-hybridized carbons (Fsp3) is 0.438. The Kier molecular flexibility index (Phi) is 5.20. The lowest BCUT2D eigenvalue weighted by molar-refractivity contribution is 0.624. The SMILES string of the molecule is CCCNc1nc(CCC)nc(-c2ccncc2F)c1C. The van der Waals surface area contributed by atoms with Gasteiger partial charge in [0.05, 0.1) is 11.9 Å². The van der Waals surface area contributed by atoms with E-state index in [9.17, 15) is 4.39 Å². The molecule has 0 amide bonds. The molecule has 0 atom stereocenters. The molecule has 2 heterocycles. The van der Waals surface area contributed by atoms with Gasteiger partial charge in [-0.05, 0) is 25.8 Å². The van der Waals surface area contributed by atoms with Gasteiger partial charge in [0.25, 0.3) is 0 Å². The number of anilines is 1. The number of aryl methyl sites for hydroxylation is 1. The first-order valence-electron chi connectivity index (χ1n) is 7.38. The summed E-state index contributed by atoms with van der Waals surface area (Å²) in [5.41, 5.74) is 1.99. The van der Waals surface area contributed by atoms with Crippen molar-refractivity contribution in [1.82, 2.24) is 15.0 Å².